The molecule has 1 aromatic carbocycles. The smallest absolute Gasteiger partial charge is 0.222 e. The molecule has 128 valence electrons. The predicted molar refractivity (Wildman–Crippen MR) is 90.9 cm³/mol. The number of carbonyl (C=O) groups is 1. The van der Waals surface area contributed by atoms with E-state index in [-0.39, 0.29) is 18.0 Å². The van der Waals surface area contributed by atoms with Crippen molar-refractivity contribution in [3.8, 4) is 11.4 Å². The first kappa shape index (κ1) is 16.6. The molecule has 0 saturated carbocycles. The number of carbonyl (C=O) groups excluding carboxylic acids is 1. The molecular weight excluding hydrogens is 304 g/mol. The molecule has 1 amide bonds. The average Bonchev–Trinajstić information content (AvgIpc) is 3.04. The molecule has 0 radical (unpaired) electrons. The number of aromatic nitrogens is 4. The number of piperidine rings is 1. The number of amides is 1. The first-order chi connectivity index (χ1) is 11.6. The van der Waals surface area contributed by atoms with E-state index in [0.29, 0.717) is 25.2 Å². The van der Waals surface area contributed by atoms with Crippen LogP contribution in [0.4, 0.5) is 0 Å². The van der Waals surface area contributed by atoms with Crippen LogP contribution < -0.4 is 5.73 Å². The molecule has 2 heterocycles. The standard InChI is InChI=1S/C17H24N6O/c1-13-12-15(18)9-11-22(13)16(24)8-5-10-23-20-17(19-21-23)14-6-3-2-4-7-14/h2-4,6-7,13,15H,5,8-12,18H2,1H3/t13-,15-/m1/s1. The molecule has 1 saturated heterocycles. The highest BCUT2D eigenvalue weighted by molar-refractivity contribution is 5.76. The predicted octanol–water partition coefficient (Wildman–Crippen LogP) is 1.46. The van der Waals surface area contributed by atoms with Crippen LogP contribution in [0.5, 0.6) is 0 Å². The Bertz CT molecular complexity index is 671. The van der Waals surface area contributed by atoms with Gasteiger partial charge in [-0.3, -0.25) is 4.79 Å². The van der Waals surface area contributed by atoms with Gasteiger partial charge >= 0.3 is 0 Å². The molecule has 7 nitrogen and oxygen atoms in total. The van der Waals surface area contributed by atoms with E-state index in [1.54, 1.807) is 4.80 Å². The van der Waals surface area contributed by atoms with Crippen molar-refractivity contribution < 1.29 is 4.79 Å². The summed E-state index contributed by atoms with van der Waals surface area (Å²) in [5.74, 6) is 0.804. The third-order valence-electron chi connectivity index (χ3n) is 4.47. The van der Waals surface area contributed by atoms with Crippen molar-refractivity contribution in [3.63, 3.8) is 0 Å². The van der Waals surface area contributed by atoms with Gasteiger partial charge in [-0.2, -0.15) is 4.80 Å². The van der Waals surface area contributed by atoms with Crippen LogP contribution >= 0.6 is 0 Å². The molecule has 1 aliphatic heterocycles. The number of nitrogens with two attached hydrogens (primary N) is 1. The molecule has 7 heteroatoms. The summed E-state index contributed by atoms with van der Waals surface area (Å²) in [6.45, 7) is 3.43. The highest BCUT2D eigenvalue weighted by atomic mass is 16.2. The normalized spacial score (nSPS) is 21.0. The van der Waals surface area contributed by atoms with Crippen LogP contribution in [0, 0.1) is 0 Å². The van der Waals surface area contributed by atoms with E-state index in [1.165, 1.54) is 0 Å². The summed E-state index contributed by atoms with van der Waals surface area (Å²) in [5.41, 5.74) is 6.89. The van der Waals surface area contributed by atoms with Crippen LogP contribution in [0.15, 0.2) is 30.3 Å². The van der Waals surface area contributed by atoms with Crippen molar-refractivity contribution in [1.82, 2.24) is 25.1 Å². The molecule has 0 unspecified atom stereocenters. The first-order valence-corrected chi connectivity index (χ1v) is 8.52. The number of aryl methyl sites for hydroxylation is 1. The minimum atomic E-state index is 0.192. The molecule has 1 aromatic heterocycles. The second kappa shape index (κ2) is 7.53. The van der Waals surface area contributed by atoms with Crippen LogP contribution in [-0.4, -0.2) is 49.6 Å². The quantitative estimate of drug-likeness (QED) is 0.897. The summed E-state index contributed by atoms with van der Waals surface area (Å²) >= 11 is 0. The second-order valence-electron chi connectivity index (χ2n) is 6.40. The average molecular weight is 328 g/mol. The Morgan fingerprint density at radius 1 is 1.33 bits per heavy atom. The van der Waals surface area contributed by atoms with E-state index >= 15 is 0 Å². The first-order valence-electron chi connectivity index (χ1n) is 8.52. The van der Waals surface area contributed by atoms with Gasteiger partial charge in [0.1, 0.15) is 0 Å². The molecular formula is C17H24N6O. The fourth-order valence-corrected chi connectivity index (χ4v) is 3.14. The molecule has 24 heavy (non-hydrogen) atoms. The number of likely N-dealkylation sites (tertiary alicyclic amines) is 1. The monoisotopic (exact) mass is 328 g/mol. The fourth-order valence-electron chi connectivity index (χ4n) is 3.14. The van der Waals surface area contributed by atoms with E-state index < -0.39 is 0 Å². The van der Waals surface area contributed by atoms with Gasteiger partial charge in [-0.15, -0.1) is 10.2 Å². The van der Waals surface area contributed by atoms with Gasteiger partial charge in [0.05, 0.1) is 6.54 Å². The van der Waals surface area contributed by atoms with Crippen LogP contribution in [0.25, 0.3) is 11.4 Å². The number of benzene rings is 1. The number of hydrogen-bond acceptors (Lipinski definition) is 5. The van der Waals surface area contributed by atoms with Crippen molar-refractivity contribution >= 4 is 5.91 Å². The Balaban J connectivity index is 1.48. The van der Waals surface area contributed by atoms with Gasteiger partial charge in [0.15, 0.2) is 0 Å². The van der Waals surface area contributed by atoms with Gasteiger partial charge in [0.25, 0.3) is 0 Å². The number of nitrogens with zero attached hydrogens (tertiary/aromatic N) is 5. The molecule has 0 spiro atoms. The SMILES string of the molecule is C[C@@H]1C[C@H](N)CCN1C(=O)CCCn1nnc(-c2ccccc2)n1. The summed E-state index contributed by atoms with van der Waals surface area (Å²) in [6.07, 6.45) is 2.98. The van der Waals surface area contributed by atoms with Gasteiger partial charge in [-0.1, -0.05) is 30.3 Å². The van der Waals surface area contributed by atoms with E-state index in [4.69, 9.17) is 5.73 Å². The third kappa shape index (κ3) is 3.97. The molecule has 2 atom stereocenters. The fraction of sp³-hybridized carbons (Fsp3) is 0.529. The summed E-state index contributed by atoms with van der Waals surface area (Å²) in [4.78, 5) is 15.9. The highest BCUT2D eigenvalue weighted by Gasteiger charge is 2.26. The zero-order chi connectivity index (χ0) is 16.9. The maximum atomic E-state index is 12.4. The van der Waals surface area contributed by atoms with Gasteiger partial charge < -0.3 is 10.6 Å². The largest absolute Gasteiger partial charge is 0.340 e. The Kier molecular flexibility index (Phi) is 5.20. The lowest BCUT2D eigenvalue weighted by Gasteiger charge is -2.36. The van der Waals surface area contributed by atoms with Crippen LogP contribution in [0.2, 0.25) is 0 Å². The summed E-state index contributed by atoms with van der Waals surface area (Å²) in [7, 11) is 0. The van der Waals surface area contributed by atoms with Crippen LogP contribution in [0.3, 0.4) is 0 Å². The lowest BCUT2D eigenvalue weighted by atomic mass is 9.98. The third-order valence-corrected chi connectivity index (χ3v) is 4.47. The Morgan fingerprint density at radius 2 is 2.12 bits per heavy atom. The lowest BCUT2D eigenvalue weighted by molar-refractivity contribution is -0.134. The van der Waals surface area contributed by atoms with E-state index in [2.05, 4.69) is 22.3 Å². The zero-order valence-corrected chi connectivity index (χ0v) is 14.0. The molecule has 0 aliphatic carbocycles. The van der Waals surface area contributed by atoms with E-state index in [0.717, 1.165) is 24.9 Å². The van der Waals surface area contributed by atoms with E-state index in [9.17, 15) is 4.79 Å². The molecule has 2 N–H and O–H groups in total. The minimum absolute atomic E-state index is 0.192. The molecule has 0 bridgehead atoms. The van der Waals surface area contributed by atoms with Crippen LogP contribution in [-0.2, 0) is 11.3 Å². The van der Waals surface area contributed by atoms with Crippen molar-refractivity contribution in [3.05, 3.63) is 30.3 Å². The van der Waals surface area contributed by atoms with Crippen molar-refractivity contribution in [2.75, 3.05) is 6.54 Å². The molecule has 2 aromatic rings. The summed E-state index contributed by atoms with van der Waals surface area (Å²) in [5, 5.41) is 12.5. The van der Waals surface area contributed by atoms with Gasteiger partial charge in [0, 0.05) is 30.6 Å². The maximum absolute atomic E-state index is 12.4. The lowest BCUT2D eigenvalue weighted by Crippen LogP contribution is -2.48. The number of hydrogen-bond donors (Lipinski definition) is 1. The maximum Gasteiger partial charge on any atom is 0.222 e. The van der Waals surface area contributed by atoms with E-state index in [1.807, 2.05) is 35.2 Å². The van der Waals surface area contributed by atoms with Crippen molar-refractivity contribution in [1.29, 1.82) is 0 Å². The number of tetrazole rings is 1. The topological polar surface area (TPSA) is 89.9 Å². The highest BCUT2D eigenvalue weighted by Crippen LogP contribution is 2.17. The van der Waals surface area contributed by atoms with Crippen molar-refractivity contribution in [2.24, 2.45) is 5.73 Å². The van der Waals surface area contributed by atoms with Crippen LogP contribution in [0.1, 0.15) is 32.6 Å². The molecule has 1 fully saturated rings. The van der Waals surface area contributed by atoms with Gasteiger partial charge in [0.2, 0.25) is 11.7 Å². The zero-order valence-electron chi connectivity index (χ0n) is 14.0. The molecule has 1 aliphatic rings. The molecule has 3 rings (SSSR count). The minimum Gasteiger partial charge on any atom is -0.340 e. The Morgan fingerprint density at radius 3 is 2.88 bits per heavy atom. The van der Waals surface area contributed by atoms with Gasteiger partial charge in [-0.25, -0.2) is 0 Å². The summed E-state index contributed by atoms with van der Waals surface area (Å²) in [6, 6.07) is 10.2. The van der Waals surface area contributed by atoms with Crippen molar-refractivity contribution in [2.45, 2.75) is 51.2 Å². The second-order valence-corrected chi connectivity index (χ2v) is 6.40. The Labute approximate surface area is 141 Å². The summed E-state index contributed by atoms with van der Waals surface area (Å²) < 4.78 is 0. The number of rotatable bonds is 5. The Hall–Kier alpha value is -2.28. The van der Waals surface area contributed by atoms with Gasteiger partial charge in [-0.05, 0) is 31.4 Å².